The molecular formula is C15H18BrN3OS. The van der Waals surface area contributed by atoms with E-state index in [-0.39, 0.29) is 5.91 Å². The van der Waals surface area contributed by atoms with Crippen molar-refractivity contribution >= 4 is 44.5 Å². The summed E-state index contributed by atoms with van der Waals surface area (Å²) in [5.74, 6) is -0.0844. The number of benzene rings is 1. The van der Waals surface area contributed by atoms with Gasteiger partial charge in [0.05, 0.1) is 9.35 Å². The minimum atomic E-state index is -0.0844. The van der Waals surface area contributed by atoms with Crippen LogP contribution in [0.4, 0.5) is 11.4 Å². The van der Waals surface area contributed by atoms with Crippen LogP contribution in [0, 0.1) is 0 Å². The van der Waals surface area contributed by atoms with E-state index in [2.05, 4.69) is 32.6 Å². The summed E-state index contributed by atoms with van der Waals surface area (Å²) in [5.41, 5.74) is 7.85. The van der Waals surface area contributed by atoms with Gasteiger partial charge in [-0.05, 0) is 59.6 Å². The van der Waals surface area contributed by atoms with Gasteiger partial charge in [-0.15, -0.1) is 11.3 Å². The van der Waals surface area contributed by atoms with Crippen molar-refractivity contribution in [3.8, 4) is 0 Å². The van der Waals surface area contributed by atoms with Crippen LogP contribution in [0.1, 0.15) is 22.2 Å². The van der Waals surface area contributed by atoms with E-state index in [0.29, 0.717) is 17.8 Å². The molecule has 0 fully saturated rings. The number of carbonyl (C=O) groups is 1. The Morgan fingerprint density at radius 2 is 2.14 bits per heavy atom. The Bertz CT molecular complexity index is 627. The van der Waals surface area contributed by atoms with E-state index in [1.165, 1.54) is 4.88 Å². The predicted octanol–water partition coefficient (Wildman–Crippen LogP) is 3.50. The van der Waals surface area contributed by atoms with E-state index in [4.69, 9.17) is 5.73 Å². The molecule has 1 amide bonds. The van der Waals surface area contributed by atoms with Crippen molar-refractivity contribution < 1.29 is 4.79 Å². The van der Waals surface area contributed by atoms with Crippen LogP contribution in [-0.2, 0) is 6.42 Å². The number of halogens is 1. The summed E-state index contributed by atoms with van der Waals surface area (Å²) in [6.07, 6.45) is 0.903. The highest BCUT2D eigenvalue weighted by Crippen LogP contribution is 2.23. The van der Waals surface area contributed by atoms with Crippen LogP contribution in [0.25, 0.3) is 0 Å². The number of hydrogen-bond donors (Lipinski definition) is 3. The molecule has 0 atom stereocenters. The summed E-state index contributed by atoms with van der Waals surface area (Å²) in [6, 6.07) is 9.44. The molecule has 2 rings (SSSR count). The highest BCUT2D eigenvalue weighted by atomic mass is 79.9. The van der Waals surface area contributed by atoms with Gasteiger partial charge in [-0.2, -0.15) is 0 Å². The first-order chi connectivity index (χ1) is 10.1. The minimum Gasteiger partial charge on any atom is -0.399 e. The molecule has 1 aromatic carbocycles. The first kappa shape index (κ1) is 15.9. The second-order valence-electron chi connectivity index (χ2n) is 4.55. The summed E-state index contributed by atoms with van der Waals surface area (Å²) in [4.78, 5) is 13.3. The Labute approximate surface area is 136 Å². The lowest BCUT2D eigenvalue weighted by molar-refractivity contribution is 0.0956. The molecule has 4 N–H and O–H groups in total. The Kier molecular flexibility index (Phi) is 5.64. The van der Waals surface area contributed by atoms with Crippen molar-refractivity contribution in [2.75, 3.05) is 24.1 Å². The number of nitrogens with two attached hydrogens (primary N) is 1. The number of nitrogens with one attached hydrogen (secondary N) is 2. The molecule has 0 aliphatic carbocycles. The minimum absolute atomic E-state index is 0.0844. The van der Waals surface area contributed by atoms with Gasteiger partial charge in [-0.1, -0.05) is 0 Å². The van der Waals surface area contributed by atoms with E-state index in [0.717, 1.165) is 22.4 Å². The highest BCUT2D eigenvalue weighted by molar-refractivity contribution is 9.11. The number of anilines is 2. The van der Waals surface area contributed by atoms with E-state index in [1.807, 2.05) is 13.0 Å². The molecule has 21 heavy (non-hydrogen) atoms. The monoisotopic (exact) mass is 367 g/mol. The number of nitrogen functional groups attached to an aromatic ring is 1. The standard InChI is InChI=1S/C15H18BrN3OS/c1-2-18-15(20)12-5-3-10(17)9-13(12)19-8-7-11-4-6-14(16)21-11/h3-6,9,19H,2,7-8,17H2,1H3,(H,18,20). The van der Waals surface area contributed by atoms with Crippen LogP contribution in [0.15, 0.2) is 34.1 Å². The number of rotatable bonds is 6. The van der Waals surface area contributed by atoms with Crippen molar-refractivity contribution in [2.24, 2.45) is 0 Å². The molecule has 0 unspecified atom stereocenters. The fourth-order valence-corrected chi connectivity index (χ4v) is 3.45. The lowest BCUT2D eigenvalue weighted by Gasteiger charge is -2.12. The molecule has 1 aromatic heterocycles. The van der Waals surface area contributed by atoms with E-state index >= 15 is 0 Å². The van der Waals surface area contributed by atoms with Gasteiger partial charge in [0.25, 0.3) is 5.91 Å². The molecule has 2 aromatic rings. The lowest BCUT2D eigenvalue weighted by atomic mass is 10.1. The average Bonchev–Trinajstić information content (AvgIpc) is 2.85. The second-order valence-corrected chi connectivity index (χ2v) is 7.09. The third kappa shape index (κ3) is 4.47. The zero-order valence-corrected chi connectivity index (χ0v) is 14.2. The second kappa shape index (κ2) is 7.47. The molecule has 0 bridgehead atoms. The molecule has 0 aliphatic heterocycles. The van der Waals surface area contributed by atoms with Crippen molar-refractivity contribution in [3.05, 3.63) is 44.6 Å². The van der Waals surface area contributed by atoms with Crippen LogP contribution in [0.2, 0.25) is 0 Å². The molecule has 6 heteroatoms. The van der Waals surface area contributed by atoms with E-state index < -0.39 is 0 Å². The topological polar surface area (TPSA) is 67.2 Å². The maximum atomic E-state index is 12.0. The number of carbonyl (C=O) groups excluding carboxylic acids is 1. The maximum Gasteiger partial charge on any atom is 0.253 e. The molecular weight excluding hydrogens is 350 g/mol. The van der Waals surface area contributed by atoms with Gasteiger partial charge >= 0.3 is 0 Å². The van der Waals surface area contributed by atoms with Crippen LogP contribution in [-0.4, -0.2) is 19.0 Å². The fourth-order valence-electron chi connectivity index (χ4n) is 1.97. The third-order valence-corrected chi connectivity index (χ3v) is 4.62. The zero-order chi connectivity index (χ0) is 15.2. The van der Waals surface area contributed by atoms with Gasteiger partial charge in [-0.3, -0.25) is 4.79 Å². The number of hydrogen-bond acceptors (Lipinski definition) is 4. The normalized spacial score (nSPS) is 10.4. The van der Waals surface area contributed by atoms with Crippen LogP contribution in [0.3, 0.4) is 0 Å². The first-order valence-corrected chi connectivity index (χ1v) is 8.37. The summed E-state index contributed by atoms with van der Waals surface area (Å²) in [5, 5.41) is 6.11. The Morgan fingerprint density at radius 3 is 2.81 bits per heavy atom. The highest BCUT2D eigenvalue weighted by Gasteiger charge is 2.10. The van der Waals surface area contributed by atoms with Gasteiger partial charge in [0.1, 0.15) is 0 Å². The van der Waals surface area contributed by atoms with E-state index in [9.17, 15) is 4.79 Å². The van der Waals surface area contributed by atoms with E-state index in [1.54, 1.807) is 29.5 Å². The van der Waals surface area contributed by atoms with Gasteiger partial charge in [0, 0.05) is 29.3 Å². The predicted molar refractivity (Wildman–Crippen MR) is 93.1 cm³/mol. The lowest BCUT2D eigenvalue weighted by Crippen LogP contribution is -2.24. The molecule has 4 nitrogen and oxygen atoms in total. The first-order valence-electron chi connectivity index (χ1n) is 6.76. The van der Waals surface area contributed by atoms with Gasteiger partial charge in [0.15, 0.2) is 0 Å². The van der Waals surface area contributed by atoms with Gasteiger partial charge < -0.3 is 16.4 Å². The number of thiophene rings is 1. The SMILES string of the molecule is CCNC(=O)c1ccc(N)cc1NCCc1ccc(Br)s1. The molecule has 0 spiro atoms. The molecule has 1 heterocycles. The smallest absolute Gasteiger partial charge is 0.253 e. The average molecular weight is 368 g/mol. The van der Waals surface area contributed by atoms with Gasteiger partial charge in [0.2, 0.25) is 0 Å². The molecule has 0 radical (unpaired) electrons. The summed E-state index contributed by atoms with van der Waals surface area (Å²) < 4.78 is 1.13. The van der Waals surface area contributed by atoms with Crippen LogP contribution < -0.4 is 16.4 Å². The Morgan fingerprint density at radius 1 is 1.33 bits per heavy atom. The zero-order valence-electron chi connectivity index (χ0n) is 11.8. The van der Waals surface area contributed by atoms with Crippen molar-refractivity contribution in [1.82, 2.24) is 5.32 Å². The molecule has 0 aliphatic rings. The Balaban J connectivity index is 2.04. The van der Waals surface area contributed by atoms with Crippen molar-refractivity contribution in [3.63, 3.8) is 0 Å². The summed E-state index contributed by atoms with van der Waals surface area (Å²) >= 11 is 5.17. The molecule has 0 saturated carbocycles. The van der Waals surface area contributed by atoms with Gasteiger partial charge in [-0.25, -0.2) is 0 Å². The Hall–Kier alpha value is -1.53. The maximum absolute atomic E-state index is 12.0. The van der Waals surface area contributed by atoms with Crippen molar-refractivity contribution in [2.45, 2.75) is 13.3 Å². The molecule has 0 saturated heterocycles. The quantitative estimate of drug-likeness (QED) is 0.684. The fraction of sp³-hybridized carbons (Fsp3) is 0.267. The largest absolute Gasteiger partial charge is 0.399 e. The number of amides is 1. The van der Waals surface area contributed by atoms with Crippen LogP contribution >= 0.6 is 27.3 Å². The third-order valence-electron chi connectivity index (χ3n) is 2.94. The van der Waals surface area contributed by atoms with Crippen LogP contribution in [0.5, 0.6) is 0 Å². The molecule has 112 valence electrons. The summed E-state index contributed by atoms with van der Waals surface area (Å²) in [6.45, 7) is 3.26. The van der Waals surface area contributed by atoms with Crippen molar-refractivity contribution in [1.29, 1.82) is 0 Å². The summed E-state index contributed by atoms with van der Waals surface area (Å²) in [7, 11) is 0.